The first-order valence-corrected chi connectivity index (χ1v) is 2.10. The molecule has 0 aliphatic rings. The van der Waals surface area contributed by atoms with Crippen LogP contribution in [0.25, 0.3) is 0 Å². The zero-order valence-corrected chi connectivity index (χ0v) is 4.18. The van der Waals surface area contributed by atoms with Gasteiger partial charge in [0.1, 0.15) is 0 Å². The quantitative estimate of drug-likeness (QED) is 0.404. The van der Waals surface area contributed by atoms with Crippen molar-refractivity contribution >= 4 is 36.2 Å². The van der Waals surface area contributed by atoms with Crippen LogP contribution in [0.2, 0.25) is 0 Å². The van der Waals surface area contributed by atoms with Gasteiger partial charge >= 0.3 is 36.2 Å². The Morgan fingerprint density at radius 1 is 1.14 bits per heavy atom. The predicted octanol–water partition coefficient (Wildman–Crippen LogP) is -1.84. The van der Waals surface area contributed by atoms with Crippen LogP contribution in [0.5, 0.6) is 0 Å². The average molecular weight is 279 g/mol. The van der Waals surface area contributed by atoms with Gasteiger partial charge < -0.3 is 0 Å². The van der Waals surface area contributed by atoms with Crippen molar-refractivity contribution in [2.45, 2.75) is 0 Å². The molecule has 0 bridgehead atoms. The second-order valence-corrected chi connectivity index (χ2v) is 1.34. The Morgan fingerprint density at radius 2 is 1.14 bits per heavy atom. The Morgan fingerprint density at radius 3 is 1.14 bits per heavy atom. The van der Waals surface area contributed by atoms with Crippen LogP contribution < -0.4 is 0 Å². The molecule has 0 rings (SSSR count). The SMILES string of the molecule is O=S(=O)(O)O.[Cu].[InH3]. The molecule has 4 nitrogen and oxygen atoms in total. The molecule has 0 atom stereocenters. The van der Waals surface area contributed by atoms with E-state index in [2.05, 4.69) is 0 Å². The maximum atomic E-state index is 8.74. The Bertz CT molecular complexity index is 94.9. The molecule has 0 aliphatic carbocycles. The normalized spacial score (nSPS) is 8.29. The fourth-order valence-corrected chi connectivity index (χ4v) is 0. The third-order valence-electron chi connectivity index (χ3n) is 0. The molecule has 2 N–H and O–H groups in total. The van der Waals surface area contributed by atoms with Gasteiger partial charge in [-0.15, -0.1) is 0 Å². The van der Waals surface area contributed by atoms with Crippen molar-refractivity contribution in [1.82, 2.24) is 0 Å². The zero-order valence-electron chi connectivity index (χ0n) is 2.42. The fraction of sp³-hybridized carbons (Fsp3) is 0. The van der Waals surface area contributed by atoms with Crippen LogP contribution in [0.3, 0.4) is 0 Å². The molecule has 0 fully saturated rings. The summed E-state index contributed by atoms with van der Waals surface area (Å²) >= 11 is 0. The van der Waals surface area contributed by atoms with E-state index in [1.54, 1.807) is 0 Å². The first-order chi connectivity index (χ1) is 2.00. The van der Waals surface area contributed by atoms with Crippen LogP contribution in [0, 0.1) is 0 Å². The molecule has 7 heavy (non-hydrogen) atoms. The second-order valence-electron chi connectivity index (χ2n) is 0.448. The third-order valence-corrected chi connectivity index (χ3v) is 0. The number of hydrogen-bond donors (Lipinski definition) is 2. The number of rotatable bonds is 0. The van der Waals surface area contributed by atoms with Crippen LogP contribution in [-0.2, 0) is 27.5 Å². The first kappa shape index (κ1) is 15.7. The van der Waals surface area contributed by atoms with E-state index in [9.17, 15) is 0 Å². The van der Waals surface area contributed by atoms with E-state index >= 15 is 0 Å². The molecule has 0 aromatic carbocycles. The molecular formula is H5CuInO4S. The molecular weight excluding hydrogens is 274 g/mol. The van der Waals surface area contributed by atoms with Crippen molar-refractivity contribution in [3.05, 3.63) is 0 Å². The molecule has 0 aliphatic heterocycles. The first-order valence-electron chi connectivity index (χ1n) is 0.698. The van der Waals surface area contributed by atoms with E-state index in [-0.39, 0.29) is 42.9 Å². The van der Waals surface area contributed by atoms with Crippen molar-refractivity contribution in [1.29, 1.82) is 0 Å². The van der Waals surface area contributed by atoms with Gasteiger partial charge in [0.2, 0.25) is 0 Å². The summed E-state index contributed by atoms with van der Waals surface area (Å²) in [6.45, 7) is 0. The molecule has 1 radical (unpaired) electrons. The predicted molar refractivity (Wildman–Crippen MR) is 24.1 cm³/mol. The van der Waals surface area contributed by atoms with Crippen LogP contribution in [0.4, 0.5) is 0 Å². The fourth-order valence-electron chi connectivity index (χ4n) is 0. The van der Waals surface area contributed by atoms with Crippen molar-refractivity contribution in [3.63, 3.8) is 0 Å². The minimum atomic E-state index is -4.67. The van der Waals surface area contributed by atoms with Gasteiger partial charge in [0, 0.05) is 17.1 Å². The van der Waals surface area contributed by atoms with Gasteiger partial charge in [0.15, 0.2) is 0 Å². The van der Waals surface area contributed by atoms with Crippen LogP contribution in [0.15, 0.2) is 0 Å². The van der Waals surface area contributed by atoms with E-state index < -0.39 is 10.4 Å². The molecule has 49 valence electrons. The van der Waals surface area contributed by atoms with Gasteiger partial charge in [-0.2, -0.15) is 8.42 Å². The van der Waals surface area contributed by atoms with E-state index in [1.165, 1.54) is 0 Å². The van der Waals surface area contributed by atoms with Crippen LogP contribution >= 0.6 is 0 Å². The summed E-state index contributed by atoms with van der Waals surface area (Å²) in [5, 5.41) is 0. The van der Waals surface area contributed by atoms with E-state index in [4.69, 9.17) is 17.5 Å². The molecule has 0 amide bonds. The third kappa shape index (κ3) is 127. The van der Waals surface area contributed by atoms with Crippen molar-refractivity contribution in [2.75, 3.05) is 0 Å². The van der Waals surface area contributed by atoms with Gasteiger partial charge in [0.25, 0.3) is 0 Å². The Kier molecular flexibility index (Phi) is 12.1. The molecule has 0 heterocycles. The molecule has 7 heteroatoms. The second kappa shape index (κ2) is 5.40. The van der Waals surface area contributed by atoms with Gasteiger partial charge in [-0.25, -0.2) is 0 Å². The monoisotopic (exact) mass is 279 g/mol. The number of hydrogen-bond acceptors (Lipinski definition) is 2. The van der Waals surface area contributed by atoms with Crippen LogP contribution in [-0.4, -0.2) is 43.4 Å². The Balaban J connectivity index is -0.0000000800. The zero-order chi connectivity index (χ0) is 4.50. The summed E-state index contributed by atoms with van der Waals surface area (Å²) in [6.07, 6.45) is 0. The molecule has 0 saturated heterocycles. The van der Waals surface area contributed by atoms with E-state index in [0.717, 1.165) is 0 Å². The molecule has 0 unspecified atom stereocenters. The van der Waals surface area contributed by atoms with E-state index in [0.29, 0.717) is 0 Å². The van der Waals surface area contributed by atoms with Crippen molar-refractivity contribution in [2.24, 2.45) is 0 Å². The van der Waals surface area contributed by atoms with Gasteiger partial charge in [-0.1, -0.05) is 0 Å². The van der Waals surface area contributed by atoms with Gasteiger partial charge in [0.05, 0.1) is 0 Å². The minimum absolute atomic E-state index is 0. The summed E-state index contributed by atoms with van der Waals surface area (Å²) in [5.74, 6) is 0. The Labute approximate surface area is 70.5 Å². The molecule has 0 saturated carbocycles. The summed E-state index contributed by atoms with van der Waals surface area (Å²) < 4.78 is 31.6. The van der Waals surface area contributed by atoms with Crippen molar-refractivity contribution < 1.29 is 34.6 Å². The average Bonchev–Trinajstić information content (AvgIpc) is 0.722. The summed E-state index contributed by atoms with van der Waals surface area (Å²) in [6, 6.07) is 0. The maximum absolute atomic E-state index is 8.74. The van der Waals surface area contributed by atoms with Crippen LogP contribution in [0.1, 0.15) is 0 Å². The topological polar surface area (TPSA) is 74.6 Å². The van der Waals surface area contributed by atoms with E-state index in [1.807, 2.05) is 0 Å². The summed E-state index contributed by atoms with van der Waals surface area (Å²) in [5.41, 5.74) is 0. The molecule has 0 aromatic rings. The summed E-state index contributed by atoms with van der Waals surface area (Å²) in [4.78, 5) is 0. The van der Waals surface area contributed by atoms with Gasteiger partial charge in [-0.3, -0.25) is 9.11 Å². The Hall–Kier alpha value is 1.26. The molecule has 0 spiro atoms. The van der Waals surface area contributed by atoms with Crippen molar-refractivity contribution in [3.8, 4) is 0 Å². The molecule has 0 aromatic heterocycles. The summed E-state index contributed by atoms with van der Waals surface area (Å²) in [7, 11) is -4.67. The standard InChI is InChI=1S/Cu.In.H2O4S.3H/c;;1-5(2,3)4;;;/h;;(H2,1,2,3,4);;;. The van der Waals surface area contributed by atoms with Gasteiger partial charge in [-0.05, 0) is 0 Å².